The lowest BCUT2D eigenvalue weighted by atomic mass is 10.2. The molecule has 0 aliphatic heterocycles. The number of amides is 1. The minimum Gasteiger partial charge on any atom is -0.485 e. The Morgan fingerprint density at radius 1 is 1.00 bits per heavy atom. The number of anilines is 1. The van der Waals surface area contributed by atoms with Gasteiger partial charge in [0.2, 0.25) is 17.6 Å². The van der Waals surface area contributed by atoms with Crippen molar-refractivity contribution in [3.63, 3.8) is 0 Å². The van der Waals surface area contributed by atoms with E-state index < -0.39 is 0 Å². The highest BCUT2D eigenvalue weighted by molar-refractivity contribution is 5.91. The molecule has 4 aromatic rings. The highest BCUT2D eigenvalue weighted by Gasteiger charge is 2.13. The monoisotopic (exact) mass is 402 g/mol. The number of hydrogen-bond donors (Lipinski definition) is 1. The van der Waals surface area contributed by atoms with Gasteiger partial charge in [0.15, 0.2) is 11.6 Å². The third-order valence-corrected chi connectivity index (χ3v) is 4.14. The minimum atomic E-state index is -0.230. The summed E-state index contributed by atoms with van der Waals surface area (Å²) in [6, 6.07) is 10.8. The lowest BCUT2D eigenvalue weighted by Crippen LogP contribution is -2.14. The van der Waals surface area contributed by atoms with Gasteiger partial charge < -0.3 is 14.6 Å². The van der Waals surface area contributed by atoms with Crippen molar-refractivity contribution in [3.05, 3.63) is 78.8 Å². The lowest BCUT2D eigenvalue weighted by Gasteiger charge is -2.11. The second kappa shape index (κ2) is 9.37. The molecule has 0 saturated carbocycles. The first kappa shape index (κ1) is 19.2. The third-order valence-electron chi connectivity index (χ3n) is 4.14. The molecule has 0 aromatic carbocycles. The van der Waals surface area contributed by atoms with Gasteiger partial charge in [-0.3, -0.25) is 14.8 Å². The average molecular weight is 402 g/mol. The van der Waals surface area contributed by atoms with Gasteiger partial charge in [0, 0.05) is 49.4 Å². The molecule has 0 bridgehead atoms. The fraction of sp³-hybridized carbons (Fsp3) is 0.143. The number of nitrogens with one attached hydrogen (secondary N) is 1. The number of pyridine rings is 3. The Bertz CT molecular complexity index is 1100. The van der Waals surface area contributed by atoms with Gasteiger partial charge in [0.25, 0.3) is 0 Å². The van der Waals surface area contributed by atoms with Crippen LogP contribution >= 0.6 is 0 Å². The molecule has 9 nitrogen and oxygen atoms in total. The van der Waals surface area contributed by atoms with Crippen LogP contribution in [0.1, 0.15) is 17.9 Å². The zero-order chi connectivity index (χ0) is 20.6. The quantitative estimate of drug-likeness (QED) is 0.478. The fourth-order valence-electron chi connectivity index (χ4n) is 2.63. The van der Waals surface area contributed by atoms with Gasteiger partial charge in [-0.2, -0.15) is 4.98 Å². The summed E-state index contributed by atoms with van der Waals surface area (Å²) >= 11 is 0. The number of aromatic nitrogens is 5. The van der Waals surface area contributed by atoms with Crippen LogP contribution in [0.3, 0.4) is 0 Å². The molecule has 4 rings (SSSR count). The number of nitrogens with zero attached hydrogens (tertiary/aromatic N) is 5. The van der Waals surface area contributed by atoms with Crippen molar-refractivity contribution >= 4 is 11.7 Å². The van der Waals surface area contributed by atoms with Gasteiger partial charge in [0.05, 0.1) is 0 Å². The Balaban J connectivity index is 1.33. The van der Waals surface area contributed by atoms with Crippen LogP contribution in [-0.2, 0) is 17.8 Å². The summed E-state index contributed by atoms with van der Waals surface area (Å²) in [5, 5.41) is 6.70. The Morgan fingerprint density at radius 3 is 2.57 bits per heavy atom. The number of rotatable bonds is 8. The second-order valence-electron chi connectivity index (χ2n) is 6.29. The smallest absolute Gasteiger partial charge is 0.227 e. The molecule has 0 unspecified atom stereocenters. The van der Waals surface area contributed by atoms with Crippen LogP contribution in [0.25, 0.3) is 11.4 Å². The Labute approximate surface area is 172 Å². The van der Waals surface area contributed by atoms with Gasteiger partial charge in [-0.15, -0.1) is 0 Å². The maximum Gasteiger partial charge on any atom is 0.227 e. The summed E-state index contributed by atoms with van der Waals surface area (Å²) in [7, 11) is 0. The van der Waals surface area contributed by atoms with Gasteiger partial charge in [-0.25, -0.2) is 4.98 Å². The van der Waals surface area contributed by atoms with Crippen molar-refractivity contribution in [1.29, 1.82) is 0 Å². The molecule has 30 heavy (non-hydrogen) atoms. The number of ether oxygens (including phenoxy) is 1. The van der Waals surface area contributed by atoms with Gasteiger partial charge >= 0.3 is 0 Å². The maximum absolute atomic E-state index is 12.4. The number of aryl methyl sites for hydroxylation is 1. The molecule has 0 fully saturated rings. The predicted octanol–water partition coefficient (Wildman–Crippen LogP) is 3.07. The summed E-state index contributed by atoms with van der Waals surface area (Å²) in [5.74, 6) is 1.46. The average Bonchev–Trinajstić information content (AvgIpc) is 3.28. The number of carbonyl (C=O) groups is 1. The fourth-order valence-corrected chi connectivity index (χ4v) is 2.63. The first-order valence-electron chi connectivity index (χ1n) is 9.27. The molecule has 1 N–H and O–H groups in total. The molecule has 0 spiro atoms. The summed E-state index contributed by atoms with van der Waals surface area (Å²) in [6.45, 7) is 0.344. The highest BCUT2D eigenvalue weighted by atomic mass is 16.5. The molecule has 4 heterocycles. The van der Waals surface area contributed by atoms with Crippen LogP contribution in [0.5, 0.6) is 5.75 Å². The van der Waals surface area contributed by atoms with E-state index >= 15 is 0 Å². The van der Waals surface area contributed by atoms with Crippen LogP contribution in [0.2, 0.25) is 0 Å². The van der Waals surface area contributed by atoms with E-state index in [-0.39, 0.29) is 12.3 Å². The standard InChI is InChI=1S/C21H18N6O3/c28-18(3-4-19-26-20(27-30-19)16-7-12-23-13-8-16)25-21-17(2-1-9-24-21)29-14-15-5-10-22-11-6-15/h1-2,5-13H,3-4,14H2,(H,24,25,28). The van der Waals surface area contributed by atoms with Gasteiger partial charge in [-0.05, 0) is 42.0 Å². The Morgan fingerprint density at radius 2 is 1.77 bits per heavy atom. The normalized spacial score (nSPS) is 10.5. The molecule has 1 amide bonds. The van der Waals surface area contributed by atoms with E-state index in [0.717, 1.165) is 11.1 Å². The van der Waals surface area contributed by atoms with E-state index in [1.807, 2.05) is 12.1 Å². The third kappa shape index (κ3) is 5.02. The van der Waals surface area contributed by atoms with Crippen LogP contribution in [0.15, 0.2) is 71.9 Å². The highest BCUT2D eigenvalue weighted by Crippen LogP contribution is 2.22. The van der Waals surface area contributed by atoms with E-state index in [4.69, 9.17) is 9.26 Å². The minimum absolute atomic E-state index is 0.165. The van der Waals surface area contributed by atoms with Gasteiger partial charge in [0.1, 0.15) is 6.61 Å². The number of hydrogen-bond acceptors (Lipinski definition) is 8. The van der Waals surface area contributed by atoms with E-state index in [9.17, 15) is 4.79 Å². The summed E-state index contributed by atoms with van der Waals surface area (Å²) in [5.41, 5.74) is 1.77. The van der Waals surface area contributed by atoms with E-state index in [1.165, 1.54) is 0 Å². The van der Waals surface area contributed by atoms with E-state index in [2.05, 4.69) is 30.4 Å². The second-order valence-corrected chi connectivity index (χ2v) is 6.29. The first-order valence-corrected chi connectivity index (χ1v) is 9.27. The summed E-state index contributed by atoms with van der Waals surface area (Å²) in [6.07, 6.45) is 8.76. The zero-order valence-corrected chi connectivity index (χ0v) is 15.9. The molecule has 0 radical (unpaired) electrons. The van der Waals surface area contributed by atoms with Crippen molar-refractivity contribution < 1.29 is 14.1 Å². The first-order chi connectivity index (χ1) is 14.8. The van der Waals surface area contributed by atoms with Crippen LogP contribution < -0.4 is 10.1 Å². The molecule has 0 atom stereocenters. The van der Waals surface area contributed by atoms with Crippen LogP contribution in [-0.4, -0.2) is 31.0 Å². The van der Waals surface area contributed by atoms with Gasteiger partial charge in [-0.1, -0.05) is 5.16 Å². The van der Waals surface area contributed by atoms with Crippen molar-refractivity contribution in [3.8, 4) is 17.1 Å². The Hall–Kier alpha value is -4.14. The summed E-state index contributed by atoms with van der Waals surface area (Å²) in [4.78, 5) is 28.8. The van der Waals surface area contributed by atoms with Crippen molar-refractivity contribution in [2.75, 3.05) is 5.32 Å². The predicted molar refractivity (Wildman–Crippen MR) is 107 cm³/mol. The molecule has 0 aliphatic carbocycles. The number of carbonyl (C=O) groups excluding carboxylic acids is 1. The van der Waals surface area contributed by atoms with Crippen LogP contribution in [0.4, 0.5) is 5.82 Å². The molecule has 4 aromatic heterocycles. The van der Waals surface area contributed by atoms with Crippen LogP contribution in [0, 0.1) is 0 Å². The van der Waals surface area contributed by atoms with Crippen molar-refractivity contribution in [1.82, 2.24) is 25.1 Å². The zero-order valence-electron chi connectivity index (χ0n) is 15.9. The van der Waals surface area contributed by atoms with E-state index in [1.54, 1.807) is 55.2 Å². The van der Waals surface area contributed by atoms with Crippen molar-refractivity contribution in [2.24, 2.45) is 0 Å². The molecule has 0 saturated heterocycles. The molecule has 150 valence electrons. The lowest BCUT2D eigenvalue weighted by molar-refractivity contribution is -0.116. The maximum atomic E-state index is 12.4. The largest absolute Gasteiger partial charge is 0.485 e. The molecular formula is C21H18N6O3. The molecular weight excluding hydrogens is 384 g/mol. The Kier molecular flexibility index (Phi) is 5.99. The topological polar surface area (TPSA) is 116 Å². The van der Waals surface area contributed by atoms with Crippen molar-refractivity contribution in [2.45, 2.75) is 19.4 Å². The van der Waals surface area contributed by atoms with E-state index in [0.29, 0.717) is 36.3 Å². The molecule has 0 aliphatic rings. The SMILES string of the molecule is O=C(CCc1nc(-c2ccncc2)no1)Nc1ncccc1OCc1ccncc1. The molecule has 9 heteroatoms. The summed E-state index contributed by atoms with van der Waals surface area (Å²) < 4.78 is 11.0.